The Hall–Kier alpha value is -1.69. The van der Waals surface area contributed by atoms with Crippen molar-refractivity contribution < 1.29 is 9.53 Å². The molecule has 2 aromatic carbocycles. The Morgan fingerprint density at radius 1 is 1.07 bits per heavy atom. The molecule has 1 atom stereocenters. The average molecular weight is 419 g/mol. The van der Waals surface area contributed by atoms with Crippen LogP contribution in [0, 0.1) is 0 Å². The van der Waals surface area contributed by atoms with E-state index in [1.54, 1.807) is 12.0 Å². The summed E-state index contributed by atoms with van der Waals surface area (Å²) in [5.74, 6) is -0.0290. The van der Waals surface area contributed by atoms with Crippen LogP contribution in [0.3, 0.4) is 0 Å². The van der Waals surface area contributed by atoms with Gasteiger partial charge in [-0.05, 0) is 43.2 Å². The van der Waals surface area contributed by atoms with Gasteiger partial charge in [0, 0.05) is 30.8 Å². The van der Waals surface area contributed by atoms with Crippen LogP contribution in [-0.2, 0) is 9.53 Å². The van der Waals surface area contributed by atoms with Crippen LogP contribution < -0.4 is 9.80 Å². The Bertz CT molecular complexity index is 826. The number of halogens is 1. The molecule has 1 amide bonds. The summed E-state index contributed by atoms with van der Waals surface area (Å²) in [7, 11) is 3.77. The van der Waals surface area contributed by atoms with E-state index in [9.17, 15) is 4.79 Å². The van der Waals surface area contributed by atoms with Crippen molar-refractivity contribution in [2.24, 2.45) is 0 Å². The standard InChI is InChI=1S/C22H26N2O2S.ClH/c1-23(16-9-4-3-5-10-16)17-11-8-12-18(15-17)24-19-13-6-7-14-20(19)27-22(26-2)21(24)25;/h6-8,11-16,22H,3-5,9-10H2,1-2H3;1H. The summed E-state index contributed by atoms with van der Waals surface area (Å²) in [6, 6.07) is 16.9. The van der Waals surface area contributed by atoms with Gasteiger partial charge in [0.15, 0.2) is 5.44 Å². The first-order valence-electron chi connectivity index (χ1n) is 9.64. The van der Waals surface area contributed by atoms with Crippen LogP contribution in [0.15, 0.2) is 53.4 Å². The number of hydrogen-bond acceptors (Lipinski definition) is 4. The lowest BCUT2D eigenvalue weighted by Gasteiger charge is -2.35. The first kappa shape index (κ1) is 21.0. The number of hydrogen-bond donors (Lipinski definition) is 0. The number of methoxy groups -OCH3 is 1. The highest BCUT2D eigenvalue weighted by molar-refractivity contribution is 8.00. The number of carbonyl (C=O) groups is 1. The predicted octanol–water partition coefficient (Wildman–Crippen LogP) is 5.62. The van der Waals surface area contributed by atoms with Crippen LogP contribution in [0.1, 0.15) is 32.1 Å². The molecule has 0 saturated heterocycles. The second-order valence-corrected chi connectivity index (χ2v) is 8.35. The molecule has 0 radical (unpaired) electrons. The second-order valence-electron chi connectivity index (χ2n) is 7.25. The number of rotatable bonds is 4. The molecule has 2 aliphatic rings. The van der Waals surface area contributed by atoms with Crippen molar-refractivity contribution in [2.45, 2.75) is 48.5 Å². The molecule has 4 rings (SSSR count). The summed E-state index contributed by atoms with van der Waals surface area (Å²) < 4.78 is 5.45. The number of benzene rings is 2. The van der Waals surface area contributed by atoms with Gasteiger partial charge in [-0.25, -0.2) is 0 Å². The van der Waals surface area contributed by atoms with Gasteiger partial charge in [0.25, 0.3) is 5.91 Å². The highest BCUT2D eigenvalue weighted by Gasteiger charge is 2.34. The van der Waals surface area contributed by atoms with Gasteiger partial charge >= 0.3 is 0 Å². The molecule has 6 heteroatoms. The Balaban J connectivity index is 0.00000225. The van der Waals surface area contributed by atoms with Gasteiger partial charge < -0.3 is 9.64 Å². The van der Waals surface area contributed by atoms with Gasteiger partial charge in [-0.15, -0.1) is 12.4 Å². The maximum absolute atomic E-state index is 13.1. The Morgan fingerprint density at radius 2 is 1.82 bits per heavy atom. The molecule has 1 unspecified atom stereocenters. The van der Waals surface area contributed by atoms with E-state index in [0.717, 1.165) is 22.0 Å². The fraction of sp³-hybridized carbons (Fsp3) is 0.409. The zero-order chi connectivity index (χ0) is 18.8. The van der Waals surface area contributed by atoms with Crippen molar-refractivity contribution in [3.63, 3.8) is 0 Å². The fourth-order valence-electron chi connectivity index (χ4n) is 4.08. The van der Waals surface area contributed by atoms with Gasteiger partial charge in [-0.2, -0.15) is 0 Å². The van der Waals surface area contributed by atoms with Crippen LogP contribution >= 0.6 is 24.2 Å². The zero-order valence-electron chi connectivity index (χ0n) is 16.3. The first-order valence-corrected chi connectivity index (χ1v) is 10.5. The Kier molecular flexibility index (Phi) is 6.91. The van der Waals surface area contributed by atoms with Crippen LogP contribution in [-0.4, -0.2) is 31.5 Å². The molecule has 0 N–H and O–H groups in total. The van der Waals surface area contributed by atoms with Crippen molar-refractivity contribution >= 4 is 47.1 Å². The van der Waals surface area contributed by atoms with Crippen molar-refractivity contribution in [2.75, 3.05) is 24.0 Å². The number of nitrogens with zero attached hydrogens (tertiary/aromatic N) is 2. The molecule has 4 nitrogen and oxygen atoms in total. The quantitative estimate of drug-likeness (QED) is 0.645. The van der Waals surface area contributed by atoms with Gasteiger partial charge in [-0.3, -0.25) is 9.69 Å². The average Bonchev–Trinajstić information content (AvgIpc) is 2.73. The Labute approximate surface area is 177 Å². The lowest BCUT2D eigenvalue weighted by molar-refractivity contribution is -0.123. The van der Waals surface area contributed by atoms with E-state index in [2.05, 4.69) is 24.1 Å². The zero-order valence-corrected chi connectivity index (χ0v) is 18.0. The molecule has 1 heterocycles. The van der Waals surface area contributed by atoms with E-state index in [1.807, 2.05) is 36.4 Å². The summed E-state index contributed by atoms with van der Waals surface area (Å²) in [5, 5.41) is 0. The third-order valence-electron chi connectivity index (χ3n) is 5.59. The third kappa shape index (κ3) is 4.02. The SMILES string of the molecule is COC1Sc2ccccc2N(c2cccc(N(C)C3CCCCC3)c2)C1=O.Cl. The monoisotopic (exact) mass is 418 g/mol. The number of para-hydroxylation sites is 1. The van der Waals surface area contributed by atoms with Crippen molar-refractivity contribution in [1.82, 2.24) is 0 Å². The number of thioether (sulfide) groups is 1. The molecule has 0 spiro atoms. The maximum Gasteiger partial charge on any atom is 0.271 e. The number of carbonyl (C=O) groups excluding carboxylic acids is 1. The van der Waals surface area contributed by atoms with Crippen LogP contribution in [0.25, 0.3) is 0 Å². The molecule has 1 aliphatic carbocycles. The topological polar surface area (TPSA) is 32.8 Å². The molecule has 2 aromatic rings. The summed E-state index contributed by atoms with van der Waals surface area (Å²) in [6.07, 6.45) is 6.45. The minimum absolute atomic E-state index is 0. The largest absolute Gasteiger partial charge is 0.372 e. The molecule has 1 aliphatic heterocycles. The summed E-state index contributed by atoms with van der Waals surface area (Å²) >= 11 is 1.47. The maximum atomic E-state index is 13.1. The molecule has 0 bridgehead atoms. The van der Waals surface area contributed by atoms with Gasteiger partial charge in [0.2, 0.25) is 0 Å². The summed E-state index contributed by atoms with van der Waals surface area (Å²) in [5.41, 5.74) is 2.48. The van der Waals surface area contributed by atoms with E-state index in [4.69, 9.17) is 4.74 Å². The minimum atomic E-state index is -0.514. The minimum Gasteiger partial charge on any atom is -0.372 e. The molecular weight excluding hydrogens is 392 g/mol. The molecule has 150 valence electrons. The smallest absolute Gasteiger partial charge is 0.271 e. The molecule has 1 fully saturated rings. The van der Waals surface area contributed by atoms with Gasteiger partial charge in [0.1, 0.15) is 0 Å². The lowest BCUT2D eigenvalue weighted by Crippen LogP contribution is -2.38. The highest BCUT2D eigenvalue weighted by Crippen LogP contribution is 2.43. The normalized spacial score (nSPS) is 19.7. The lowest BCUT2D eigenvalue weighted by atomic mass is 9.94. The van der Waals surface area contributed by atoms with E-state index in [1.165, 1.54) is 43.9 Å². The van der Waals surface area contributed by atoms with E-state index < -0.39 is 5.44 Å². The number of amides is 1. The second kappa shape index (κ2) is 9.21. The first-order chi connectivity index (χ1) is 13.2. The molecule has 0 aromatic heterocycles. The predicted molar refractivity (Wildman–Crippen MR) is 119 cm³/mol. The number of anilines is 3. The number of ether oxygens (including phenoxy) is 1. The van der Waals surface area contributed by atoms with Crippen molar-refractivity contribution in [3.8, 4) is 0 Å². The third-order valence-corrected chi connectivity index (χ3v) is 6.80. The van der Waals surface area contributed by atoms with Crippen molar-refractivity contribution in [1.29, 1.82) is 0 Å². The van der Waals surface area contributed by atoms with Crippen molar-refractivity contribution in [3.05, 3.63) is 48.5 Å². The summed E-state index contributed by atoms with van der Waals surface area (Å²) in [4.78, 5) is 18.3. The van der Waals surface area contributed by atoms with Gasteiger partial charge in [0.05, 0.1) is 11.4 Å². The van der Waals surface area contributed by atoms with Crippen LogP contribution in [0.4, 0.5) is 17.1 Å². The van der Waals surface area contributed by atoms with E-state index in [-0.39, 0.29) is 18.3 Å². The van der Waals surface area contributed by atoms with Gasteiger partial charge in [-0.1, -0.05) is 49.2 Å². The van der Waals surface area contributed by atoms with Crippen LogP contribution in [0.5, 0.6) is 0 Å². The molecular formula is C22H27ClN2O2S. The fourth-order valence-corrected chi connectivity index (χ4v) is 5.05. The molecule has 28 heavy (non-hydrogen) atoms. The number of fused-ring (bicyclic) bond motifs is 1. The van der Waals surface area contributed by atoms with Crippen LogP contribution in [0.2, 0.25) is 0 Å². The highest BCUT2D eigenvalue weighted by atomic mass is 35.5. The summed E-state index contributed by atoms with van der Waals surface area (Å²) in [6.45, 7) is 0. The molecule has 1 saturated carbocycles. The van der Waals surface area contributed by atoms with E-state index in [0.29, 0.717) is 6.04 Å². The van der Waals surface area contributed by atoms with E-state index >= 15 is 0 Å². The Morgan fingerprint density at radius 3 is 2.57 bits per heavy atom.